The lowest BCUT2D eigenvalue weighted by Crippen LogP contribution is -2.36. The number of morpholine rings is 1. The van der Waals surface area contributed by atoms with Crippen molar-refractivity contribution in [2.24, 2.45) is 0 Å². The molecule has 1 aromatic carbocycles. The number of aromatic nitrogens is 2. The SMILES string of the molecule is CN(C)C(=O)/C=C/c1cnc(N2CCOc3cc(-c4csc5c(=O)cc(N6CCOCC6)oc45)ccc32)nc1. The van der Waals surface area contributed by atoms with Crippen LogP contribution < -0.4 is 20.0 Å². The smallest absolute Gasteiger partial charge is 0.246 e. The molecule has 10 nitrogen and oxygen atoms in total. The van der Waals surface area contributed by atoms with Crippen LogP contribution in [0.3, 0.4) is 0 Å². The zero-order valence-corrected chi connectivity index (χ0v) is 22.4. The van der Waals surface area contributed by atoms with Gasteiger partial charge in [-0.3, -0.25) is 9.59 Å². The lowest BCUT2D eigenvalue weighted by atomic mass is 10.1. The Labute approximate surface area is 228 Å². The fourth-order valence-corrected chi connectivity index (χ4v) is 5.45. The number of anilines is 3. The summed E-state index contributed by atoms with van der Waals surface area (Å²) in [4.78, 5) is 39.3. The number of rotatable bonds is 5. The van der Waals surface area contributed by atoms with Gasteiger partial charge in [0.15, 0.2) is 11.5 Å². The van der Waals surface area contributed by atoms with Crippen LogP contribution in [0.15, 0.2) is 57.3 Å². The van der Waals surface area contributed by atoms with Crippen LogP contribution in [0, 0.1) is 0 Å². The van der Waals surface area contributed by atoms with Crippen LogP contribution >= 0.6 is 11.3 Å². The first-order valence-electron chi connectivity index (χ1n) is 12.6. The minimum absolute atomic E-state index is 0.0455. The minimum Gasteiger partial charge on any atom is -0.490 e. The predicted octanol–water partition coefficient (Wildman–Crippen LogP) is 3.78. The van der Waals surface area contributed by atoms with E-state index in [1.165, 1.54) is 22.3 Å². The topological polar surface area (TPSA) is 101 Å². The highest BCUT2D eigenvalue weighted by atomic mass is 32.1. The summed E-state index contributed by atoms with van der Waals surface area (Å²) in [5.41, 5.74) is 3.88. The standard InChI is InChI=1S/C28H27N5O5S/c1-31(2)24(35)6-3-18-15-29-28(30-16-18)33-9-12-37-23-13-19(4-5-21(23)33)20-17-39-27-22(34)14-25(38-26(20)27)32-7-10-36-11-8-32/h3-6,13-17H,7-12H2,1-2H3/b6-3+. The third kappa shape index (κ3) is 4.98. The van der Waals surface area contributed by atoms with Crippen molar-refractivity contribution >= 4 is 51.1 Å². The average molecular weight is 546 g/mol. The molecule has 1 amide bonds. The fraction of sp³-hybridized carbons (Fsp3) is 0.286. The Morgan fingerprint density at radius 1 is 1.08 bits per heavy atom. The van der Waals surface area contributed by atoms with E-state index in [0.29, 0.717) is 67.3 Å². The maximum Gasteiger partial charge on any atom is 0.246 e. The Balaban J connectivity index is 1.29. The molecule has 0 N–H and O–H groups in total. The van der Waals surface area contributed by atoms with Crippen molar-refractivity contribution in [3.05, 3.63) is 63.9 Å². The van der Waals surface area contributed by atoms with Gasteiger partial charge in [0.05, 0.1) is 25.4 Å². The summed E-state index contributed by atoms with van der Waals surface area (Å²) in [6.45, 7) is 3.65. The van der Waals surface area contributed by atoms with Gasteiger partial charge >= 0.3 is 0 Å². The molecule has 11 heteroatoms. The molecule has 0 saturated carbocycles. The van der Waals surface area contributed by atoms with Gasteiger partial charge in [-0.1, -0.05) is 6.07 Å². The first kappa shape index (κ1) is 25.1. The van der Waals surface area contributed by atoms with Gasteiger partial charge < -0.3 is 28.6 Å². The van der Waals surface area contributed by atoms with Crippen molar-refractivity contribution in [3.8, 4) is 16.9 Å². The highest BCUT2D eigenvalue weighted by Crippen LogP contribution is 2.41. The number of ether oxygens (including phenoxy) is 2. The third-order valence-corrected chi connectivity index (χ3v) is 7.62. The second-order valence-corrected chi connectivity index (χ2v) is 10.3. The Hall–Kier alpha value is -4.22. The fourth-order valence-electron chi connectivity index (χ4n) is 4.54. The van der Waals surface area contributed by atoms with E-state index >= 15 is 0 Å². The third-order valence-electron chi connectivity index (χ3n) is 6.65. The van der Waals surface area contributed by atoms with Crippen LogP contribution in [0.4, 0.5) is 17.5 Å². The summed E-state index contributed by atoms with van der Waals surface area (Å²) >= 11 is 1.38. The van der Waals surface area contributed by atoms with Crippen molar-refractivity contribution in [3.63, 3.8) is 0 Å². The van der Waals surface area contributed by atoms with Gasteiger partial charge in [0, 0.05) is 68.2 Å². The van der Waals surface area contributed by atoms with E-state index < -0.39 is 0 Å². The van der Waals surface area contributed by atoms with Gasteiger partial charge in [-0.05, 0) is 23.8 Å². The van der Waals surface area contributed by atoms with E-state index in [4.69, 9.17) is 13.9 Å². The molecule has 0 atom stereocenters. The van der Waals surface area contributed by atoms with Crippen molar-refractivity contribution in [2.75, 3.05) is 63.4 Å². The van der Waals surface area contributed by atoms with Crippen molar-refractivity contribution in [1.29, 1.82) is 0 Å². The van der Waals surface area contributed by atoms with Crippen LogP contribution in [0.5, 0.6) is 5.75 Å². The van der Waals surface area contributed by atoms with Crippen molar-refractivity contribution in [1.82, 2.24) is 14.9 Å². The molecule has 0 unspecified atom stereocenters. The monoisotopic (exact) mass is 545 g/mol. The largest absolute Gasteiger partial charge is 0.490 e. The number of nitrogens with zero attached hydrogens (tertiary/aromatic N) is 5. The van der Waals surface area contributed by atoms with Gasteiger partial charge in [-0.2, -0.15) is 0 Å². The Kier molecular flexibility index (Phi) is 6.76. The number of carbonyl (C=O) groups is 1. The molecule has 0 spiro atoms. The molecule has 0 bridgehead atoms. The van der Waals surface area contributed by atoms with Gasteiger partial charge in [0.1, 0.15) is 17.1 Å². The van der Waals surface area contributed by atoms with Gasteiger partial charge in [0.2, 0.25) is 17.3 Å². The highest BCUT2D eigenvalue weighted by Gasteiger charge is 2.24. The van der Waals surface area contributed by atoms with Crippen molar-refractivity contribution in [2.45, 2.75) is 0 Å². The Morgan fingerprint density at radius 2 is 1.87 bits per heavy atom. The molecule has 200 valence electrons. The van der Waals surface area contributed by atoms with Gasteiger partial charge in [0.25, 0.3) is 0 Å². The second-order valence-electron chi connectivity index (χ2n) is 9.42. The van der Waals surface area contributed by atoms with Crippen LogP contribution in [0.2, 0.25) is 0 Å². The molecule has 6 rings (SSSR count). The zero-order chi connectivity index (χ0) is 26.9. The highest BCUT2D eigenvalue weighted by molar-refractivity contribution is 7.17. The zero-order valence-electron chi connectivity index (χ0n) is 21.6. The average Bonchev–Trinajstić information content (AvgIpc) is 3.41. The molecule has 3 aromatic heterocycles. The molecule has 1 saturated heterocycles. The molecular formula is C28H27N5O5S. The van der Waals surface area contributed by atoms with E-state index in [0.717, 1.165) is 22.4 Å². The number of fused-ring (bicyclic) bond motifs is 2. The van der Waals surface area contributed by atoms with Crippen molar-refractivity contribution < 1.29 is 18.7 Å². The van der Waals surface area contributed by atoms with E-state index in [9.17, 15) is 9.59 Å². The summed E-state index contributed by atoms with van der Waals surface area (Å²) in [6, 6.07) is 7.51. The van der Waals surface area contributed by atoms with E-state index in [2.05, 4.69) is 9.97 Å². The van der Waals surface area contributed by atoms with Gasteiger partial charge in [-0.15, -0.1) is 11.3 Å². The number of likely N-dealkylation sites (N-methyl/N-ethyl adjacent to an activating group) is 1. The van der Waals surface area contributed by atoms with Crippen LogP contribution in [-0.4, -0.2) is 74.3 Å². The number of carbonyl (C=O) groups excluding carboxylic acids is 1. The lowest BCUT2D eigenvalue weighted by Gasteiger charge is -2.29. The predicted molar refractivity (Wildman–Crippen MR) is 151 cm³/mol. The maximum atomic E-state index is 12.9. The normalized spacial score (nSPS) is 15.4. The molecular weight excluding hydrogens is 518 g/mol. The summed E-state index contributed by atoms with van der Waals surface area (Å²) in [5.74, 6) is 1.71. The molecule has 1 fully saturated rings. The molecule has 2 aliphatic rings. The van der Waals surface area contributed by atoms with E-state index in [1.807, 2.05) is 33.4 Å². The summed E-state index contributed by atoms with van der Waals surface area (Å²) in [5, 5.41) is 1.96. The lowest BCUT2D eigenvalue weighted by molar-refractivity contribution is -0.123. The molecule has 39 heavy (non-hydrogen) atoms. The molecule has 5 heterocycles. The number of benzene rings is 1. The van der Waals surface area contributed by atoms with E-state index in [1.54, 1.807) is 38.6 Å². The molecule has 0 radical (unpaired) electrons. The summed E-state index contributed by atoms with van der Waals surface area (Å²) in [6.07, 6.45) is 6.57. The minimum atomic E-state index is -0.105. The molecule has 2 aliphatic heterocycles. The Morgan fingerprint density at radius 3 is 2.64 bits per heavy atom. The van der Waals surface area contributed by atoms with Crippen LogP contribution in [0.1, 0.15) is 5.56 Å². The number of thiophene rings is 1. The van der Waals surface area contributed by atoms with E-state index in [-0.39, 0.29) is 11.3 Å². The quantitative estimate of drug-likeness (QED) is 0.347. The summed E-state index contributed by atoms with van der Waals surface area (Å²) < 4.78 is 18.3. The second kappa shape index (κ2) is 10.5. The maximum absolute atomic E-state index is 12.9. The first-order valence-corrected chi connectivity index (χ1v) is 13.5. The van der Waals surface area contributed by atoms with Crippen LogP contribution in [0.25, 0.3) is 27.5 Å². The Bertz CT molecular complexity index is 1610. The number of amides is 1. The van der Waals surface area contributed by atoms with Gasteiger partial charge in [-0.25, -0.2) is 9.97 Å². The number of hydrogen-bond acceptors (Lipinski definition) is 10. The summed E-state index contributed by atoms with van der Waals surface area (Å²) in [7, 11) is 3.40. The molecule has 4 aromatic rings. The number of hydrogen-bond donors (Lipinski definition) is 0. The molecule has 0 aliphatic carbocycles. The first-order chi connectivity index (χ1) is 19.0. The van der Waals surface area contributed by atoms with Crippen LogP contribution in [-0.2, 0) is 9.53 Å².